The van der Waals surface area contributed by atoms with Crippen LogP contribution in [0.25, 0.3) is 0 Å². The Balaban J connectivity index is 1.79. The smallest absolute Gasteiger partial charge is 0.243 e. The van der Waals surface area contributed by atoms with Gasteiger partial charge in [-0.2, -0.15) is 0 Å². The molecule has 2 aromatic rings. The maximum atomic E-state index is 13.3. The molecule has 0 saturated carbocycles. The van der Waals surface area contributed by atoms with E-state index in [9.17, 15) is 24.3 Å². The van der Waals surface area contributed by atoms with Crippen LogP contribution in [0.1, 0.15) is 121 Å². The molecular weight excluding hydrogens is 582 g/mol. The van der Waals surface area contributed by atoms with Crippen LogP contribution in [0.2, 0.25) is 0 Å². The highest BCUT2D eigenvalue weighted by atomic mass is 16.3. The number of imidazole rings is 1. The van der Waals surface area contributed by atoms with Crippen molar-refractivity contribution in [1.29, 1.82) is 0 Å². The maximum absolute atomic E-state index is 13.3. The summed E-state index contributed by atoms with van der Waals surface area (Å²) in [6.07, 6.45) is 19.8. The molecule has 1 heterocycles. The molecule has 0 bridgehead atoms. The summed E-state index contributed by atoms with van der Waals surface area (Å²) in [5.74, 6) is -1.76. The summed E-state index contributed by atoms with van der Waals surface area (Å²) in [5.41, 5.74) is 1.50. The highest BCUT2D eigenvalue weighted by Gasteiger charge is 2.28. The SMILES string of the molecule is CCCCCCCCCCCCCCCC(=O)N[C@@H](Cc1cnc[nH]1)C(=O)N[C@@H](C)C(=O)C[C@@H](Cc1ccc(O)cc1)C(=O)NC. The Bertz CT molecular complexity index is 1150. The van der Waals surface area contributed by atoms with Crippen molar-refractivity contribution in [3.05, 3.63) is 48.0 Å². The molecule has 0 saturated heterocycles. The number of H-pyrrole nitrogens is 1. The number of Topliss-reactive ketones (excluding diaryl/α,β-unsaturated/α-hetero) is 1. The summed E-state index contributed by atoms with van der Waals surface area (Å²) in [6.45, 7) is 3.83. The maximum Gasteiger partial charge on any atom is 0.243 e. The summed E-state index contributed by atoms with van der Waals surface area (Å²) < 4.78 is 0. The number of hydrogen-bond acceptors (Lipinski definition) is 6. The predicted octanol–water partition coefficient (Wildman–Crippen LogP) is 5.69. The monoisotopic (exact) mass is 639 g/mol. The Hall–Kier alpha value is -3.69. The molecule has 256 valence electrons. The highest BCUT2D eigenvalue weighted by molar-refractivity contribution is 5.94. The number of nitrogens with zero attached hydrogens (tertiary/aromatic N) is 1. The van der Waals surface area contributed by atoms with Crippen molar-refractivity contribution in [2.24, 2.45) is 5.92 Å². The van der Waals surface area contributed by atoms with Gasteiger partial charge in [0.2, 0.25) is 17.7 Å². The molecule has 0 aliphatic heterocycles. The third-order valence-electron chi connectivity index (χ3n) is 8.46. The third kappa shape index (κ3) is 16.0. The topological polar surface area (TPSA) is 153 Å². The van der Waals surface area contributed by atoms with Gasteiger partial charge in [0.25, 0.3) is 0 Å². The zero-order valence-corrected chi connectivity index (χ0v) is 28.2. The molecule has 0 radical (unpaired) electrons. The van der Waals surface area contributed by atoms with Crippen molar-refractivity contribution in [3.8, 4) is 5.75 Å². The molecule has 0 fully saturated rings. The van der Waals surface area contributed by atoms with Gasteiger partial charge in [0.1, 0.15) is 11.8 Å². The molecule has 1 aromatic heterocycles. The number of aromatic nitrogens is 2. The number of benzene rings is 1. The number of phenols is 1. The first-order chi connectivity index (χ1) is 22.2. The molecule has 3 amide bonds. The summed E-state index contributed by atoms with van der Waals surface area (Å²) >= 11 is 0. The van der Waals surface area contributed by atoms with Gasteiger partial charge in [-0.3, -0.25) is 19.2 Å². The number of amides is 3. The quantitative estimate of drug-likeness (QED) is 0.0880. The summed E-state index contributed by atoms with van der Waals surface area (Å²) in [5, 5.41) is 17.8. The molecule has 2 rings (SSSR count). The lowest BCUT2D eigenvalue weighted by Gasteiger charge is -2.22. The zero-order chi connectivity index (χ0) is 33.6. The number of ketones is 1. The minimum atomic E-state index is -0.878. The average Bonchev–Trinajstić information content (AvgIpc) is 3.56. The Labute approximate surface area is 275 Å². The van der Waals surface area contributed by atoms with E-state index in [0.29, 0.717) is 18.5 Å². The van der Waals surface area contributed by atoms with Crippen molar-refractivity contribution in [1.82, 2.24) is 25.9 Å². The van der Waals surface area contributed by atoms with Crippen LogP contribution in [0.15, 0.2) is 36.8 Å². The number of rotatable bonds is 25. The van der Waals surface area contributed by atoms with Gasteiger partial charge in [-0.05, 0) is 37.5 Å². The fourth-order valence-electron chi connectivity index (χ4n) is 5.59. The Morgan fingerprint density at radius 1 is 0.804 bits per heavy atom. The number of nitrogens with one attached hydrogen (secondary N) is 4. The summed E-state index contributed by atoms with van der Waals surface area (Å²) in [6, 6.07) is 4.75. The van der Waals surface area contributed by atoms with Crippen molar-refractivity contribution < 1.29 is 24.3 Å². The van der Waals surface area contributed by atoms with Crippen LogP contribution < -0.4 is 16.0 Å². The Kier molecular flexibility index (Phi) is 19.0. The van der Waals surface area contributed by atoms with Gasteiger partial charge in [-0.1, -0.05) is 96.1 Å². The second kappa shape index (κ2) is 22.8. The van der Waals surface area contributed by atoms with Gasteiger partial charge in [-0.25, -0.2) is 4.98 Å². The molecule has 1 aromatic carbocycles. The first-order valence-corrected chi connectivity index (χ1v) is 17.3. The van der Waals surface area contributed by atoms with Crippen LogP contribution in [-0.4, -0.2) is 57.7 Å². The van der Waals surface area contributed by atoms with Gasteiger partial charge < -0.3 is 26.0 Å². The number of carbonyl (C=O) groups excluding carboxylic acids is 4. The van der Waals surface area contributed by atoms with Crippen molar-refractivity contribution >= 4 is 23.5 Å². The van der Waals surface area contributed by atoms with Gasteiger partial charge in [-0.15, -0.1) is 0 Å². The van der Waals surface area contributed by atoms with Crippen LogP contribution in [0.3, 0.4) is 0 Å². The molecule has 5 N–H and O–H groups in total. The van der Waals surface area contributed by atoms with Crippen LogP contribution in [0.5, 0.6) is 5.75 Å². The number of aromatic hydroxyl groups is 1. The largest absolute Gasteiger partial charge is 0.508 e. The van der Waals surface area contributed by atoms with Crippen molar-refractivity contribution in [2.75, 3.05) is 7.05 Å². The van der Waals surface area contributed by atoms with Gasteiger partial charge in [0.05, 0.1) is 12.4 Å². The fourth-order valence-corrected chi connectivity index (χ4v) is 5.59. The van der Waals surface area contributed by atoms with Gasteiger partial charge >= 0.3 is 0 Å². The van der Waals surface area contributed by atoms with E-state index < -0.39 is 23.9 Å². The normalized spacial score (nSPS) is 13.0. The molecule has 0 unspecified atom stereocenters. The minimum absolute atomic E-state index is 0.0708. The van der Waals surface area contributed by atoms with Crippen LogP contribution in [-0.2, 0) is 32.0 Å². The Morgan fingerprint density at radius 3 is 1.93 bits per heavy atom. The van der Waals surface area contributed by atoms with Crippen LogP contribution in [0, 0.1) is 5.92 Å². The second-order valence-electron chi connectivity index (χ2n) is 12.5. The molecule has 10 nitrogen and oxygen atoms in total. The zero-order valence-electron chi connectivity index (χ0n) is 28.2. The molecular formula is C36H57N5O5. The van der Waals surface area contributed by atoms with E-state index >= 15 is 0 Å². The lowest BCUT2D eigenvalue weighted by Crippen LogP contribution is -2.52. The van der Waals surface area contributed by atoms with Crippen molar-refractivity contribution in [2.45, 2.75) is 135 Å². The molecule has 10 heteroatoms. The Morgan fingerprint density at radius 2 is 1.39 bits per heavy atom. The van der Waals surface area contributed by atoms with E-state index in [0.717, 1.165) is 24.8 Å². The standard InChI is InChI=1S/C36H57N5O5/c1-4-5-6-7-8-9-10-11-12-13-14-15-16-17-34(44)41-32(24-30-25-38-26-39-30)36(46)40-27(2)33(43)23-29(35(45)37-3)22-28-18-20-31(42)21-19-28/h18-21,25-27,29,32,42H,4-17,22-24H2,1-3H3,(H,37,45)(H,38,39)(H,40,46)(H,41,44)/t27-,29+,32-/m0/s1. The van der Waals surface area contributed by atoms with Gasteiger partial charge in [0, 0.05) is 44.1 Å². The van der Waals surface area contributed by atoms with E-state index in [1.54, 1.807) is 25.3 Å². The highest BCUT2D eigenvalue weighted by Crippen LogP contribution is 2.18. The summed E-state index contributed by atoms with van der Waals surface area (Å²) in [4.78, 5) is 58.8. The number of aromatic amines is 1. The average molecular weight is 640 g/mol. The van der Waals surface area contributed by atoms with E-state index in [1.165, 1.54) is 89.7 Å². The molecule has 46 heavy (non-hydrogen) atoms. The molecule has 3 atom stereocenters. The minimum Gasteiger partial charge on any atom is -0.508 e. The van der Waals surface area contributed by atoms with Crippen molar-refractivity contribution in [3.63, 3.8) is 0 Å². The molecule has 0 spiro atoms. The molecule has 0 aliphatic carbocycles. The van der Waals surface area contributed by atoms with E-state index in [2.05, 4.69) is 32.8 Å². The van der Waals surface area contributed by atoms with E-state index in [4.69, 9.17) is 0 Å². The fraction of sp³-hybridized carbons (Fsp3) is 0.639. The molecule has 0 aliphatic rings. The first kappa shape index (κ1) is 38.5. The van der Waals surface area contributed by atoms with E-state index in [-0.39, 0.29) is 36.2 Å². The number of unbranched alkanes of at least 4 members (excludes halogenated alkanes) is 12. The van der Waals surface area contributed by atoms with Gasteiger partial charge in [0.15, 0.2) is 5.78 Å². The third-order valence-corrected chi connectivity index (χ3v) is 8.46. The predicted molar refractivity (Wildman–Crippen MR) is 181 cm³/mol. The lowest BCUT2D eigenvalue weighted by atomic mass is 9.91. The van der Waals surface area contributed by atoms with Crippen LogP contribution >= 0.6 is 0 Å². The number of phenolic OH excluding ortho intramolecular Hbond substituents is 1. The second-order valence-corrected chi connectivity index (χ2v) is 12.5. The van der Waals surface area contributed by atoms with E-state index in [1.807, 2.05) is 0 Å². The summed E-state index contributed by atoms with van der Waals surface area (Å²) in [7, 11) is 1.52. The number of carbonyl (C=O) groups is 4. The number of hydrogen-bond donors (Lipinski definition) is 5. The lowest BCUT2D eigenvalue weighted by molar-refractivity contribution is -0.133. The first-order valence-electron chi connectivity index (χ1n) is 17.3. The van der Waals surface area contributed by atoms with Crippen LogP contribution in [0.4, 0.5) is 0 Å².